The lowest BCUT2D eigenvalue weighted by atomic mass is 10.2. The molecule has 0 aliphatic rings. The average molecular weight is 977 g/mol. The van der Waals surface area contributed by atoms with Crippen LogP contribution in [0.3, 0.4) is 0 Å². The molecule has 0 amide bonds. The second kappa shape index (κ2) is 27.1. The van der Waals surface area contributed by atoms with Crippen molar-refractivity contribution < 1.29 is 0 Å². The van der Waals surface area contributed by atoms with E-state index in [9.17, 15) is 0 Å². The monoisotopic (exact) mass is 977 g/mol. The largest absolute Gasteiger partial charge is 0.372 e. The van der Waals surface area contributed by atoms with Crippen LogP contribution in [-0.4, -0.2) is 38.6 Å². The Labute approximate surface area is 436 Å². The Morgan fingerprint density at radius 1 is 0.297 bits per heavy atom. The highest BCUT2D eigenvalue weighted by Gasteiger charge is 2.05. The maximum atomic E-state index is 4.52. The molecule has 0 aromatic heterocycles. The number of hydrogen-bond acceptors (Lipinski definition) is 12. The first kappa shape index (κ1) is 52.9. The second-order valence-corrected chi connectivity index (χ2v) is 17.5. The highest BCUT2D eigenvalue weighted by molar-refractivity contribution is 5.83. The molecule has 8 aromatic carbocycles. The van der Waals surface area contributed by atoms with Gasteiger partial charge in [0, 0.05) is 50.0 Å². The fraction of sp³-hybridized carbons (Fsp3) is 0.194. The number of benzene rings is 8. The summed E-state index contributed by atoms with van der Waals surface area (Å²) in [5.74, 6) is 0. The van der Waals surface area contributed by atoms with E-state index in [1.807, 2.05) is 160 Å². The van der Waals surface area contributed by atoms with E-state index in [4.69, 9.17) is 0 Å². The van der Waals surface area contributed by atoms with E-state index < -0.39 is 0 Å². The molecule has 0 spiro atoms. The van der Waals surface area contributed by atoms with Gasteiger partial charge in [0.05, 0.1) is 56.9 Å². The Morgan fingerprint density at radius 3 is 0.878 bits per heavy atom. The minimum atomic E-state index is 0.779. The van der Waals surface area contributed by atoms with E-state index in [-0.39, 0.29) is 0 Å². The molecule has 0 atom stereocenters. The predicted molar refractivity (Wildman–Crippen MR) is 309 cm³/mol. The van der Waals surface area contributed by atoms with Gasteiger partial charge in [-0.05, 0) is 211 Å². The molecule has 0 heterocycles. The summed E-state index contributed by atoms with van der Waals surface area (Å²) in [5, 5.41) is 35.2. The van der Waals surface area contributed by atoms with Crippen LogP contribution in [0.5, 0.6) is 0 Å². The van der Waals surface area contributed by atoms with Crippen molar-refractivity contribution in [3.05, 3.63) is 215 Å². The number of azo groups is 4. The molecule has 12 nitrogen and oxygen atoms in total. The molecule has 8 aromatic rings. The lowest BCUT2D eigenvalue weighted by Gasteiger charge is -2.20. The number of aryl methyl sites for hydroxylation is 4. The first-order valence-electron chi connectivity index (χ1n) is 25.1. The molecule has 0 aliphatic carbocycles. The third kappa shape index (κ3) is 16.1. The van der Waals surface area contributed by atoms with Gasteiger partial charge in [-0.3, -0.25) is 9.98 Å². The van der Waals surface area contributed by atoms with Crippen LogP contribution in [0, 0.1) is 27.7 Å². The van der Waals surface area contributed by atoms with E-state index in [1.165, 1.54) is 22.5 Å². The number of rotatable bonds is 18. The maximum absolute atomic E-state index is 4.52. The highest BCUT2D eigenvalue weighted by Crippen LogP contribution is 2.30. The normalized spacial score (nSPS) is 11.7. The van der Waals surface area contributed by atoms with Crippen molar-refractivity contribution in [2.24, 2.45) is 50.9 Å². The van der Waals surface area contributed by atoms with Crippen molar-refractivity contribution in [2.75, 3.05) is 36.0 Å². The van der Waals surface area contributed by atoms with Crippen molar-refractivity contribution in [3.63, 3.8) is 0 Å². The molecule has 12 heteroatoms. The zero-order valence-corrected chi connectivity index (χ0v) is 43.7. The Morgan fingerprint density at radius 2 is 0.568 bits per heavy atom. The first-order chi connectivity index (χ1) is 36.1. The highest BCUT2D eigenvalue weighted by atomic mass is 15.1. The summed E-state index contributed by atoms with van der Waals surface area (Å²) < 4.78 is 0. The third-order valence-electron chi connectivity index (χ3n) is 12.0. The molecular formula is C62H64N12. The molecule has 0 radical (unpaired) electrons. The number of anilines is 2. The fourth-order valence-electron chi connectivity index (χ4n) is 7.53. The van der Waals surface area contributed by atoms with Gasteiger partial charge < -0.3 is 9.80 Å². The number of hydrogen-bond donors (Lipinski definition) is 0. The van der Waals surface area contributed by atoms with E-state index in [0.29, 0.717) is 0 Å². The summed E-state index contributed by atoms with van der Waals surface area (Å²) in [6.45, 7) is 20.7. The van der Waals surface area contributed by atoms with Gasteiger partial charge in [0.2, 0.25) is 0 Å². The topological polar surface area (TPSA) is 130 Å². The number of aliphatic imine (C=N–C) groups is 2. The van der Waals surface area contributed by atoms with Gasteiger partial charge in [-0.15, -0.1) is 0 Å². The molecule has 74 heavy (non-hydrogen) atoms. The van der Waals surface area contributed by atoms with Gasteiger partial charge >= 0.3 is 0 Å². The van der Waals surface area contributed by atoms with Crippen LogP contribution in [0.15, 0.2) is 233 Å². The van der Waals surface area contributed by atoms with Crippen molar-refractivity contribution in [2.45, 2.75) is 55.4 Å². The number of nitrogens with zero attached hydrogens (tertiary/aromatic N) is 12. The van der Waals surface area contributed by atoms with Crippen LogP contribution >= 0.6 is 0 Å². The maximum Gasteiger partial charge on any atom is 0.0887 e. The molecular weight excluding hydrogens is 913 g/mol. The fourth-order valence-corrected chi connectivity index (χ4v) is 7.53. The van der Waals surface area contributed by atoms with Crippen LogP contribution in [0.25, 0.3) is 0 Å². The lowest BCUT2D eigenvalue weighted by Crippen LogP contribution is -2.21. The van der Waals surface area contributed by atoms with Gasteiger partial charge in [0.15, 0.2) is 0 Å². The third-order valence-corrected chi connectivity index (χ3v) is 12.0. The molecule has 372 valence electrons. The zero-order chi connectivity index (χ0) is 52.1. The van der Waals surface area contributed by atoms with E-state index in [2.05, 4.69) is 151 Å². The quantitative estimate of drug-likeness (QED) is 0.0626. The molecule has 0 saturated heterocycles. The van der Waals surface area contributed by atoms with Crippen molar-refractivity contribution in [3.8, 4) is 0 Å². The molecule has 8 rings (SSSR count). The minimum Gasteiger partial charge on any atom is -0.372 e. The van der Waals surface area contributed by atoms with Gasteiger partial charge in [0.25, 0.3) is 0 Å². The van der Waals surface area contributed by atoms with Crippen molar-refractivity contribution in [1.29, 1.82) is 0 Å². The van der Waals surface area contributed by atoms with Gasteiger partial charge in [-0.1, -0.05) is 59.7 Å². The second-order valence-electron chi connectivity index (χ2n) is 17.5. The molecule has 0 aliphatic heterocycles. The predicted octanol–water partition coefficient (Wildman–Crippen LogP) is 19.5. The van der Waals surface area contributed by atoms with Crippen LogP contribution < -0.4 is 9.80 Å². The summed E-state index contributed by atoms with van der Waals surface area (Å²) in [7, 11) is 0. The zero-order valence-electron chi connectivity index (χ0n) is 43.7. The van der Waals surface area contributed by atoms with E-state index >= 15 is 0 Å². The summed E-state index contributed by atoms with van der Waals surface area (Å²) >= 11 is 0. The molecule has 0 fully saturated rings. The Kier molecular flexibility index (Phi) is 19.4. The summed E-state index contributed by atoms with van der Waals surface area (Å²) in [4.78, 5) is 13.6. The van der Waals surface area contributed by atoms with Crippen molar-refractivity contribution in [1.82, 2.24) is 0 Å². The first-order valence-corrected chi connectivity index (χ1v) is 25.1. The minimum absolute atomic E-state index is 0.779. The van der Waals surface area contributed by atoms with Crippen LogP contribution in [0.2, 0.25) is 0 Å². The van der Waals surface area contributed by atoms with Crippen LogP contribution in [0.1, 0.15) is 61.1 Å². The standard InChI is InChI=1S/2C31H32N6/c2*1-5-37(6-2)30-18-15-28(16-19-30)33-35-29-17-20-31(24(4)21-29)36-34-27-13-9-25(10-14-27)22-32-26-11-7-23(3)8-12-26/h2*7-22H,5-6H2,1-4H3. The average Bonchev–Trinajstić information content (AvgIpc) is 3.43. The Bertz CT molecular complexity index is 2980. The molecule has 0 N–H and O–H groups in total. The summed E-state index contributed by atoms with van der Waals surface area (Å²) in [5.41, 5.74) is 17.0. The summed E-state index contributed by atoms with van der Waals surface area (Å²) in [6, 6.07) is 59.8. The summed E-state index contributed by atoms with van der Waals surface area (Å²) in [6.07, 6.45) is 3.70. The van der Waals surface area contributed by atoms with Gasteiger partial charge in [-0.25, -0.2) is 0 Å². The van der Waals surface area contributed by atoms with E-state index in [1.54, 1.807) is 0 Å². The van der Waals surface area contributed by atoms with Crippen LogP contribution in [-0.2, 0) is 0 Å². The van der Waals surface area contributed by atoms with Crippen LogP contribution in [0.4, 0.5) is 68.2 Å². The van der Waals surface area contributed by atoms with Gasteiger partial charge in [-0.2, -0.15) is 40.9 Å². The molecule has 0 saturated carbocycles. The molecule has 0 unspecified atom stereocenters. The van der Waals surface area contributed by atoms with Gasteiger partial charge in [0.1, 0.15) is 0 Å². The SMILES string of the molecule is CCN(CC)c1ccc(N=Nc2ccc(N=Nc3ccc(C=Nc4ccc(C)cc4)cc3)c(C)c2)cc1.CCN(CC)c1ccc(N=Nc2ccc(N=Nc3ccc(C=Nc4ccc(C)cc4)cc3)c(C)c2)cc1. The Balaban J connectivity index is 0.000000216. The molecule has 0 bridgehead atoms. The van der Waals surface area contributed by atoms with E-state index in [0.717, 1.165) is 105 Å². The van der Waals surface area contributed by atoms with Crippen molar-refractivity contribution >= 4 is 80.7 Å². The smallest absolute Gasteiger partial charge is 0.0887 e. The Hall–Kier alpha value is -8.90. The lowest BCUT2D eigenvalue weighted by molar-refractivity contribution is 0.866.